The Morgan fingerprint density at radius 2 is 1.50 bits per heavy atom. The molecule has 0 atom stereocenters. The van der Waals surface area contributed by atoms with E-state index >= 15 is 0 Å². The molecule has 1 saturated heterocycles. The van der Waals surface area contributed by atoms with Crippen LogP contribution in [0.5, 0.6) is 0 Å². The molecular formula is C8H19N2O4S2+. The van der Waals surface area contributed by atoms with Gasteiger partial charge in [0.05, 0.1) is 40.3 Å². The monoisotopic (exact) mass is 271 g/mol. The number of hydrogen-bond donors (Lipinski definition) is 0. The zero-order valence-corrected chi connectivity index (χ0v) is 11.5. The summed E-state index contributed by atoms with van der Waals surface area (Å²) >= 11 is 0. The Labute approximate surface area is 97.4 Å². The van der Waals surface area contributed by atoms with Crippen LogP contribution in [0.25, 0.3) is 0 Å². The van der Waals surface area contributed by atoms with E-state index in [1.807, 2.05) is 14.1 Å². The molecular weight excluding hydrogens is 252 g/mol. The van der Waals surface area contributed by atoms with Crippen LogP contribution in [0.15, 0.2) is 0 Å². The molecule has 0 aromatic heterocycles. The van der Waals surface area contributed by atoms with Gasteiger partial charge in [-0.15, -0.1) is 0 Å². The smallest absolute Gasteiger partial charge is 0.228 e. The Bertz CT molecular complexity index is 442. The number of sulfonamides is 1. The maximum atomic E-state index is 11.8. The van der Waals surface area contributed by atoms with E-state index in [9.17, 15) is 16.8 Å². The Hall–Kier alpha value is -0.180. The second-order valence-corrected chi connectivity index (χ2v) is 9.41. The van der Waals surface area contributed by atoms with Crippen LogP contribution < -0.4 is 0 Å². The van der Waals surface area contributed by atoms with Crippen LogP contribution in [0.3, 0.4) is 0 Å². The first kappa shape index (κ1) is 13.9. The van der Waals surface area contributed by atoms with Crippen LogP contribution in [-0.2, 0) is 19.9 Å². The molecule has 1 aliphatic rings. The third kappa shape index (κ3) is 4.00. The number of hydrogen-bond acceptors (Lipinski definition) is 4. The first-order chi connectivity index (χ1) is 7.02. The van der Waals surface area contributed by atoms with E-state index in [2.05, 4.69) is 0 Å². The van der Waals surface area contributed by atoms with Crippen LogP contribution in [0.1, 0.15) is 0 Å². The van der Waals surface area contributed by atoms with Crippen LogP contribution in [0.4, 0.5) is 0 Å². The Balaban J connectivity index is 2.73. The average molecular weight is 271 g/mol. The van der Waals surface area contributed by atoms with Gasteiger partial charge < -0.3 is 4.48 Å². The first-order valence-corrected chi connectivity index (χ1v) is 8.66. The maximum Gasteiger partial charge on any atom is 0.228 e. The van der Waals surface area contributed by atoms with E-state index in [-0.39, 0.29) is 0 Å². The summed E-state index contributed by atoms with van der Waals surface area (Å²) in [6.07, 6.45) is 0.939. The van der Waals surface area contributed by atoms with Gasteiger partial charge >= 0.3 is 0 Å². The number of likely N-dealkylation sites (N-methyl/N-ethyl adjacent to an activating group) is 1. The SMILES string of the molecule is C[N+]1(C)CCN(S(=O)(=O)CS(C)(=O)=O)CC1. The van der Waals surface area contributed by atoms with Crippen molar-refractivity contribution in [3.8, 4) is 0 Å². The van der Waals surface area contributed by atoms with E-state index in [0.29, 0.717) is 26.2 Å². The van der Waals surface area contributed by atoms with Gasteiger partial charge in [0.15, 0.2) is 14.9 Å². The van der Waals surface area contributed by atoms with E-state index in [1.165, 1.54) is 4.31 Å². The molecule has 0 aromatic carbocycles. The topological polar surface area (TPSA) is 71.5 Å². The summed E-state index contributed by atoms with van der Waals surface area (Å²) in [6.45, 7) is 2.21. The van der Waals surface area contributed by atoms with E-state index in [4.69, 9.17) is 0 Å². The summed E-state index contributed by atoms with van der Waals surface area (Å²) in [5.74, 6) is 0. The molecule has 0 aliphatic carbocycles. The van der Waals surface area contributed by atoms with Crippen molar-refractivity contribution >= 4 is 19.9 Å². The van der Waals surface area contributed by atoms with Crippen molar-refractivity contribution in [3.63, 3.8) is 0 Å². The third-order valence-electron chi connectivity index (χ3n) is 2.67. The molecule has 0 unspecified atom stereocenters. The lowest BCUT2D eigenvalue weighted by Crippen LogP contribution is -2.56. The fourth-order valence-corrected chi connectivity index (χ4v) is 5.09. The highest BCUT2D eigenvalue weighted by Crippen LogP contribution is 2.12. The first-order valence-electron chi connectivity index (χ1n) is 4.99. The molecule has 96 valence electrons. The predicted molar refractivity (Wildman–Crippen MR) is 62.0 cm³/mol. The summed E-state index contributed by atoms with van der Waals surface area (Å²) in [7, 11) is -3.09. The summed E-state index contributed by atoms with van der Waals surface area (Å²) in [6, 6.07) is 0. The van der Waals surface area contributed by atoms with Gasteiger partial charge in [0.2, 0.25) is 10.0 Å². The Morgan fingerprint density at radius 3 is 1.88 bits per heavy atom. The minimum atomic E-state index is -3.66. The molecule has 16 heavy (non-hydrogen) atoms. The van der Waals surface area contributed by atoms with Crippen molar-refractivity contribution < 1.29 is 21.3 Å². The molecule has 0 saturated carbocycles. The highest BCUT2D eigenvalue weighted by Gasteiger charge is 2.33. The van der Waals surface area contributed by atoms with E-state index in [0.717, 1.165) is 10.7 Å². The molecule has 0 aromatic rings. The predicted octanol–water partition coefficient (Wildman–Crippen LogP) is -1.29. The number of sulfone groups is 1. The summed E-state index contributed by atoms with van der Waals surface area (Å²) in [4.78, 5) is 0. The minimum Gasteiger partial charge on any atom is -0.326 e. The Morgan fingerprint density at radius 1 is 1.06 bits per heavy atom. The third-order valence-corrected chi connectivity index (χ3v) is 6.72. The number of rotatable bonds is 3. The molecule has 0 radical (unpaired) electrons. The van der Waals surface area contributed by atoms with Gasteiger partial charge in [-0.1, -0.05) is 0 Å². The molecule has 8 heteroatoms. The number of nitrogens with zero attached hydrogens (tertiary/aromatic N) is 2. The van der Waals surface area contributed by atoms with Crippen LogP contribution in [0.2, 0.25) is 0 Å². The maximum absolute atomic E-state index is 11.8. The molecule has 1 fully saturated rings. The van der Waals surface area contributed by atoms with Gasteiger partial charge in [-0.25, -0.2) is 16.8 Å². The quantitative estimate of drug-likeness (QED) is 0.599. The van der Waals surface area contributed by atoms with Crippen LogP contribution >= 0.6 is 0 Å². The zero-order valence-electron chi connectivity index (χ0n) is 9.88. The van der Waals surface area contributed by atoms with Crippen molar-refractivity contribution in [1.29, 1.82) is 0 Å². The van der Waals surface area contributed by atoms with Gasteiger partial charge in [0.25, 0.3) is 0 Å². The molecule has 1 aliphatic heterocycles. The van der Waals surface area contributed by atoms with Gasteiger partial charge in [0, 0.05) is 6.26 Å². The lowest BCUT2D eigenvalue weighted by molar-refractivity contribution is -0.893. The summed E-state index contributed by atoms with van der Waals surface area (Å²) < 4.78 is 47.6. The van der Waals surface area contributed by atoms with Gasteiger partial charge in [-0.3, -0.25) is 0 Å². The summed E-state index contributed by atoms with van der Waals surface area (Å²) in [5, 5.41) is -0.784. The molecule has 0 bridgehead atoms. The lowest BCUT2D eigenvalue weighted by Gasteiger charge is -2.38. The molecule has 6 nitrogen and oxygen atoms in total. The lowest BCUT2D eigenvalue weighted by atomic mass is 10.3. The van der Waals surface area contributed by atoms with Crippen LogP contribution in [-0.4, -0.2) is 77.2 Å². The number of quaternary nitrogens is 1. The number of piperazine rings is 1. The largest absolute Gasteiger partial charge is 0.326 e. The van der Waals surface area contributed by atoms with Gasteiger partial charge in [-0.05, 0) is 0 Å². The van der Waals surface area contributed by atoms with E-state index in [1.54, 1.807) is 0 Å². The fourth-order valence-electron chi connectivity index (χ4n) is 1.61. The summed E-state index contributed by atoms with van der Waals surface area (Å²) in [5.41, 5.74) is 0. The highest BCUT2D eigenvalue weighted by molar-refractivity contribution is 8.06. The van der Waals surface area contributed by atoms with Crippen molar-refractivity contribution in [2.45, 2.75) is 0 Å². The van der Waals surface area contributed by atoms with Gasteiger partial charge in [0.1, 0.15) is 0 Å². The molecule has 1 heterocycles. The zero-order chi connectivity index (χ0) is 12.6. The van der Waals surface area contributed by atoms with Crippen molar-refractivity contribution in [3.05, 3.63) is 0 Å². The van der Waals surface area contributed by atoms with Crippen molar-refractivity contribution in [2.24, 2.45) is 0 Å². The molecule has 0 spiro atoms. The average Bonchev–Trinajstić information content (AvgIpc) is 1.98. The van der Waals surface area contributed by atoms with Crippen LogP contribution in [0, 0.1) is 0 Å². The second-order valence-electron chi connectivity index (χ2n) is 4.94. The highest BCUT2D eigenvalue weighted by atomic mass is 32.3. The molecule has 0 amide bonds. The minimum absolute atomic E-state index is 0.394. The fraction of sp³-hybridized carbons (Fsp3) is 1.00. The standard InChI is InChI=1S/C8H19N2O4S2/c1-10(2)6-4-9(5-7-10)16(13,14)8-15(3,11)12/h4-8H2,1-3H3/q+1. The van der Waals surface area contributed by atoms with Gasteiger partial charge in [-0.2, -0.15) is 4.31 Å². The second kappa shape index (κ2) is 4.25. The molecule has 1 rings (SSSR count). The normalized spacial score (nSPS) is 23.2. The van der Waals surface area contributed by atoms with Crippen molar-refractivity contribution in [2.75, 3.05) is 51.6 Å². The van der Waals surface area contributed by atoms with Crippen molar-refractivity contribution in [1.82, 2.24) is 4.31 Å². The Kier molecular flexibility index (Phi) is 3.68. The molecule has 0 N–H and O–H groups in total. The van der Waals surface area contributed by atoms with E-state index < -0.39 is 24.9 Å².